The Morgan fingerprint density at radius 1 is 0.583 bits per heavy atom. The Bertz CT molecular complexity index is 385. The van der Waals surface area contributed by atoms with Crippen molar-refractivity contribution in [3.05, 3.63) is 11.1 Å². The maximum atomic E-state index is 10.8. The molecular formula is C20H36O4. The van der Waals surface area contributed by atoms with Gasteiger partial charge in [0.1, 0.15) is 0 Å². The summed E-state index contributed by atoms with van der Waals surface area (Å²) < 4.78 is 0. The molecule has 140 valence electrons. The van der Waals surface area contributed by atoms with Crippen LogP contribution in [0.1, 0.15) is 104 Å². The van der Waals surface area contributed by atoms with Gasteiger partial charge in [-0.3, -0.25) is 4.79 Å². The van der Waals surface area contributed by atoms with Crippen LogP contribution >= 0.6 is 0 Å². The van der Waals surface area contributed by atoms with Crippen LogP contribution in [0.2, 0.25) is 0 Å². The molecule has 2 N–H and O–H groups in total. The first-order valence-electron chi connectivity index (χ1n) is 9.56. The Morgan fingerprint density at radius 3 is 1.25 bits per heavy atom. The fourth-order valence-corrected chi connectivity index (χ4v) is 2.80. The van der Waals surface area contributed by atoms with E-state index in [0.29, 0.717) is 12.0 Å². The average Bonchev–Trinajstić information content (AvgIpc) is 2.53. The van der Waals surface area contributed by atoms with Crippen molar-refractivity contribution in [3.8, 4) is 0 Å². The molecule has 0 aromatic rings. The van der Waals surface area contributed by atoms with E-state index in [4.69, 9.17) is 10.2 Å². The highest BCUT2D eigenvalue weighted by molar-refractivity contribution is 5.86. The fraction of sp³-hybridized carbons (Fsp3) is 0.800. The molecule has 0 fully saturated rings. The van der Waals surface area contributed by atoms with Crippen molar-refractivity contribution in [2.75, 3.05) is 0 Å². The van der Waals surface area contributed by atoms with Gasteiger partial charge in [0.2, 0.25) is 0 Å². The van der Waals surface area contributed by atoms with Crippen molar-refractivity contribution >= 4 is 11.9 Å². The van der Waals surface area contributed by atoms with Crippen molar-refractivity contribution < 1.29 is 19.8 Å². The number of carboxylic acids is 2. The Hall–Kier alpha value is -1.32. The highest BCUT2D eigenvalue weighted by Crippen LogP contribution is 2.16. The van der Waals surface area contributed by atoms with Crippen LogP contribution < -0.4 is 0 Å². The van der Waals surface area contributed by atoms with Crippen LogP contribution in [0.15, 0.2) is 11.1 Å². The van der Waals surface area contributed by atoms with Crippen molar-refractivity contribution in [3.63, 3.8) is 0 Å². The van der Waals surface area contributed by atoms with Crippen molar-refractivity contribution in [1.29, 1.82) is 0 Å². The molecule has 0 heterocycles. The summed E-state index contributed by atoms with van der Waals surface area (Å²) in [7, 11) is 0. The zero-order valence-electron chi connectivity index (χ0n) is 15.6. The summed E-state index contributed by atoms with van der Waals surface area (Å²) in [5.74, 6) is -1.48. The van der Waals surface area contributed by atoms with E-state index < -0.39 is 11.9 Å². The molecule has 0 saturated carbocycles. The van der Waals surface area contributed by atoms with Gasteiger partial charge in [0, 0.05) is 12.0 Å². The Balaban J connectivity index is 3.27. The van der Waals surface area contributed by atoms with E-state index in [0.717, 1.165) is 37.7 Å². The summed E-state index contributed by atoms with van der Waals surface area (Å²) in [5.41, 5.74) is 1.50. The lowest BCUT2D eigenvalue weighted by molar-refractivity contribution is -0.137. The minimum absolute atomic E-state index is 0.311. The van der Waals surface area contributed by atoms with Crippen molar-refractivity contribution in [2.24, 2.45) is 0 Å². The molecule has 0 unspecified atom stereocenters. The van der Waals surface area contributed by atoms with Crippen molar-refractivity contribution in [1.82, 2.24) is 0 Å². The average molecular weight is 341 g/mol. The lowest BCUT2D eigenvalue weighted by Gasteiger charge is -2.05. The number of carbonyl (C=O) groups is 2. The van der Waals surface area contributed by atoms with Crippen LogP contribution in [0.3, 0.4) is 0 Å². The van der Waals surface area contributed by atoms with E-state index in [9.17, 15) is 9.59 Å². The summed E-state index contributed by atoms with van der Waals surface area (Å²) in [6.45, 7) is 3.61. The molecule has 0 spiro atoms. The molecule has 0 radical (unpaired) electrons. The van der Waals surface area contributed by atoms with Gasteiger partial charge < -0.3 is 10.2 Å². The lowest BCUT2D eigenvalue weighted by atomic mass is 10.0. The van der Waals surface area contributed by atoms with E-state index in [1.165, 1.54) is 51.4 Å². The number of unbranched alkanes of at least 4 members (excludes halogenated alkanes) is 11. The minimum atomic E-state index is -0.797. The van der Waals surface area contributed by atoms with Gasteiger partial charge >= 0.3 is 11.9 Å². The second kappa shape index (κ2) is 15.2. The molecule has 24 heavy (non-hydrogen) atoms. The molecule has 0 atom stereocenters. The van der Waals surface area contributed by atoms with Crippen LogP contribution in [-0.2, 0) is 9.59 Å². The Labute approximate surface area is 147 Å². The van der Waals surface area contributed by atoms with Gasteiger partial charge in [-0.15, -0.1) is 0 Å². The predicted octanol–water partition coefficient (Wildman–Crippen LogP) is 5.95. The van der Waals surface area contributed by atoms with Gasteiger partial charge in [-0.2, -0.15) is 0 Å². The van der Waals surface area contributed by atoms with Gasteiger partial charge in [0.15, 0.2) is 0 Å². The van der Waals surface area contributed by atoms with Crippen LogP contribution in [0, 0.1) is 0 Å². The number of hydrogen-bond acceptors (Lipinski definition) is 2. The summed E-state index contributed by atoms with van der Waals surface area (Å²) in [5, 5.41) is 17.4. The van der Waals surface area contributed by atoms with E-state index in [1.54, 1.807) is 6.92 Å². The van der Waals surface area contributed by atoms with Crippen LogP contribution in [0.4, 0.5) is 0 Å². The van der Waals surface area contributed by atoms with Crippen LogP contribution in [-0.4, -0.2) is 22.2 Å². The normalized spacial score (nSPS) is 12.1. The number of carboxylic acid groups (broad SMARTS) is 2. The third-order valence-electron chi connectivity index (χ3n) is 4.65. The second-order valence-electron chi connectivity index (χ2n) is 6.85. The quantitative estimate of drug-likeness (QED) is 0.269. The fourth-order valence-electron chi connectivity index (χ4n) is 2.80. The molecule has 0 aliphatic rings. The topological polar surface area (TPSA) is 74.6 Å². The number of rotatable bonds is 16. The predicted molar refractivity (Wildman–Crippen MR) is 98.3 cm³/mol. The van der Waals surface area contributed by atoms with Gasteiger partial charge in [-0.25, -0.2) is 4.79 Å². The maximum Gasteiger partial charge on any atom is 0.331 e. The highest BCUT2D eigenvalue weighted by atomic mass is 16.4. The third-order valence-corrected chi connectivity index (χ3v) is 4.65. The summed E-state index contributed by atoms with van der Waals surface area (Å²) in [4.78, 5) is 21.2. The zero-order chi connectivity index (χ0) is 18.2. The number of allylic oxidation sites excluding steroid dienone is 1. The molecule has 0 aromatic carbocycles. The lowest BCUT2D eigenvalue weighted by Crippen LogP contribution is -1.99. The summed E-state index contributed by atoms with van der Waals surface area (Å²) >= 11 is 0. The first-order valence-corrected chi connectivity index (χ1v) is 9.56. The van der Waals surface area contributed by atoms with E-state index in [-0.39, 0.29) is 0 Å². The van der Waals surface area contributed by atoms with Gasteiger partial charge in [0.25, 0.3) is 0 Å². The first-order chi connectivity index (χ1) is 11.4. The SMILES string of the molecule is C/C(CCCCCCCCCCCCCCC(=O)O)=C(/C)C(=O)O. The number of hydrogen-bond donors (Lipinski definition) is 2. The number of aliphatic carboxylic acids is 2. The molecule has 4 heteroatoms. The summed E-state index contributed by atoms with van der Waals surface area (Å²) in [6.07, 6.45) is 15.4. The molecule has 0 aromatic heterocycles. The van der Waals surface area contributed by atoms with Gasteiger partial charge in [-0.05, 0) is 33.1 Å². The molecule has 0 saturated heterocycles. The molecule has 0 rings (SSSR count). The molecule has 0 aliphatic carbocycles. The summed E-state index contributed by atoms with van der Waals surface area (Å²) in [6, 6.07) is 0. The van der Waals surface area contributed by atoms with Gasteiger partial charge in [0.05, 0.1) is 0 Å². The molecular weight excluding hydrogens is 304 g/mol. The first kappa shape index (κ1) is 22.7. The molecule has 0 bridgehead atoms. The smallest absolute Gasteiger partial charge is 0.331 e. The van der Waals surface area contributed by atoms with Crippen LogP contribution in [0.25, 0.3) is 0 Å². The zero-order valence-corrected chi connectivity index (χ0v) is 15.6. The third kappa shape index (κ3) is 14.3. The van der Waals surface area contributed by atoms with E-state index in [1.807, 2.05) is 6.92 Å². The van der Waals surface area contributed by atoms with Crippen LogP contribution in [0.5, 0.6) is 0 Å². The van der Waals surface area contributed by atoms with Gasteiger partial charge in [-0.1, -0.05) is 69.8 Å². The standard InChI is InChI=1S/C20H36O4/c1-17(18(2)20(23)24)15-13-11-9-7-5-3-4-6-8-10-12-14-16-19(21)22/h3-16H2,1-2H3,(H,21,22)(H,23,24)/b18-17+. The second-order valence-corrected chi connectivity index (χ2v) is 6.85. The minimum Gasteiger partial charge on any atom is -0.481 e. The maximum absolute atomic E-state index is 10.8. The largest absolute Gasteiger partial charge is 0.481 e. The van der Waals surface area contributed by atoms with E-state index in [2.05, 4.69) is 0 Å². The monoisotopic (exact) mass is 340 g/mol. The molecule has 4 nitrogen and oxygen atoms in total. The Kier molecular flexibility index (Phi) is 14.4. The highest BCUT2D eigenvalue weighted by Gasteiger charge is 2.04. The molecule has 0 amide bonds. The Morgan fingerprint density at radius 2 is 0.917 bits per heavy atom. The molecule has 0 aliphatic heterocycles. The van der Waals surface area contributed by atoms with Crippen molar-refractivity contribution in [2.45, 2.75) is 104 Å². The van der Waals surface area contributed by atoms with E-state index >= 15 is 0 Å².